The highest BCUT2D eigenvalue weighted by molar-refractivity contribution is 9.10. The van der Waals surface area contributed by atoms with Crippen molar-refractivity contribution in [2.24, 2.45) is 0 Å². The van der Waals surface area contributed by atoms with Crippen LogP contribution in [0.3, 0.4) is 0 Å². The minimum atomic E-state index is -1.16. The van der Waals surface area contributed by atoms with E-state index in [4.69, 9.17) is 16.3 Å². The highest BCUT2D eigenvalue weighted by atomic mass is 79.9. The van der Waals surface area contributed by atoms with Crippen LogP contribution in [0.1, 0.15) is 21.6 Å². The maximum Gasteiger partial charge on any atom is 0.335 e. The van der Waals surface area contributed by atoms with Gasteiger partial charge in [-0.3, -0.25) is 0 Å². The van der Waals surface area contributed by atoms with Crippen LogP contribution in [0.15, 0.2) is 71.2 Å². The van der Waals surface area contributed by atoms with Crippen LogP contribution in [0.4, 0.5) is 8.78 Å². The van der Waals surface area contributed by atoms with Crippen molar-refractivity contribution in [1.82, 2.24) is 4.57 Å². The second kappa shape index (κ2) is 9.37. The highest BCUT2D eigenvalue weighted by Gasteiger charge is 2.19. The van der Waals surface area contributed by atoms with Crippen LogP contribution in [-0.4, -0.2) is 15.6 Å². The molecule has 0 spiro atoms. The van der Waals surface area contributed by atoms with E-state index in [1.165, 1.54) is 18.2 Å². The van der Waals surface area contributed by atoms with Crippen molar-refractivity contribution in [3.8, 4) is 22.7 Å². The average molecular weight is 533 g/mol. The van der Waals surface area contributed by atoms with Gasteiger partial charge in [-0.25, -0.2) is 13.6 Å². The smallest absolute Gasteiger partial charge is 0.335 e. The predicted octanol–water partition coefficient (Wildman–Crippen LogP) is 7.42. The molecule has 0 amide bonds. The standard InChI is InChI=1S/C25H17BrClF2NO3/c1-14-2-8-22(30(14)23-10-15(25(31)32)4-7-20(23)28)19-12-18(27)6-9-24(19)33-13-16-3-5-17(26)11-21(16)29/h2-12H,13H2,1H3,(H,31,32). The zero-order valence-corrected chi connectivity index (χ0v) is 19.6. The van der Waals surface area contributed by atoms with E-state index in [0.717, 1.165) is 6.07 Å². The number of benzene rings is 3. The van der Waals surface area contributed by atoms with Crippen molar-refractivity contribution < 1.29 is 23.4 Å². The van der Waals surface area contributed by atoms with E-state index in [1.807, 2.05) is 0 Å². The number of carbonyl (C=O) groups is 1. The minimum Gasteiger partial charge on any atom is -0.488 e. The molecule has 1 N–H and O–H groups in total. The number of hydrogen-bond donors (Lipinski definition) is 1. The van der Waals surface area contributed by atoms with E-state index in [9.17, 15) is 18.7 Å². The van der Waals surface area contributed by atoms with Crippen LogP contribution >= 0.6 is 27.5 Å². The van der Waals surface area contributed by atoms with Crippen molar-refractivity contribution in [2.45, 2.75) is 13.5 Å². The molecule has 1 heterocycles. The summed E-state index contributed by atoms with van der Waals surface area (Å²) >= 11 is 9.48. The summed E-state index contributed by atoms with van der Waals surface area (Å²) in [6.45, 7) is 1.75. The monoisotopic (exact) mass is 531 g/mol. The molecule has 33 heavy (non-hydrogen) atoms. The largest absolute Gasteiger partial charge is 0.488 e. The van der Waals surface area contributed by atoms with Crippen molar-refractivity contribution in [3.05, 3.63) is 105 Å². The zero-order chi connectivity index (χ0) is 23.7. The molecule has 0 fully saturated rings. The molecule has 0 unspecified atom stereocenters. The molecular weight excluding hydrogens is 516 g/mol. The summed E-state index contributed by atoms with van der Waals surface area (Å²) in [5.41, 5.74) is 2.18. The summed E-state index contributed by atoms with van der Waals surface area (Å²) < 4.78 is 37.2. The Kier molecular flexibility index (Phi) is 6.54. The summed E-state index contributed by atoms with van der Waals surface area (Å²) in [6.07, 6.45) is 0. The van der Waals surface area contributed by atoms with Crippen LogP contribution in [0.25, 0.3) is 16.9 Å². The normalized spacial score (nSPS) is 10.9. The molecule has 0 aliphatic heterocycles. The Labute approximate surface area is 202 Å². The number of ether oxygens (including phenoxy) is 1. The molecule has 0 aliphatic carbocycles. The summed E-state index contributed by atoms with van der Waals surface area (Å²) in [4.78, 5) is 11.4. The summed E-state index contributed by atoms with van der Waals surface area (Å²) in [7, 11) is 0. The number of carboxylic acids is 1. The second-order valence-corrected chi connectivity index (χ2v) is 8.68. The molecule has 8 heteroatoms. The number of nitrogens with zero attached hydrogens (tertiary/aromatic N) is 1. The Morgan fingerprint density at radius 2 is 1.82 bits per heavy atom. The molecule has 4 nitrogen and oxygen atoms in total. The van der Waals surface area contributed by atoms with Gasteiger partial charge in [-0.05, 0) is 67.6 Å². The lowest BCUT2D eigenvalue weighted by molar-refractivity contribution is 0.0696. The van der Waals surface area contributed by atoms with Crippen LogP contribution in [0.5, 0.6) is 5.75 Å². The Morgan fingerprint density at radius 3 is 2.55 bits per heavy atom. The van der Waals surface area contributed by atoms with Crippen molar-refractivity contribution in [1.29, 1.82) is 0 Å². The molecule has 4 rings (SSSR count). The number of aromatic carboxylic acids is 1. The second-order valence-electron chi connectivity index (χ2n) is 7.33. The molecule has 0 atom stereocenters. The maximum absolute atomic E-state index is 14.8. The van der Waals surface area contributed by atoms with Crippen molar-refractivity contribution >= 4 is 33.5 Å². The molecule has 0 saturated carbocycles. The summed E-state index contributed by atoms with van der Waals surface area (Å²) in [5, 5.41) is 9.78. The average Bonchev–Trinajstić information content (AvgIpc) is 3.15. The van der Waals surface area contributed by atoms with Gasteiger partial charge in [-0.2, -0.15) is 0 Å². The molecule has 0 bridgehead atoms. The topological polar surface area (TPSA) is 51.5 Å². The lowest BCUT2D eigenvalue weighted by Crippen LogP contribution is -2.06. The van der Waals surface area contributed by atoms with Gasteiger partial charge >= 0.3 is 5.97 Å². The third-order valence-corrected chi connectivity index (χ3v) is 5.85. The molecule has 0 aliphatic rings. The minimum absolute atomic E-state index is 0.0315. The molecule has 168 valence electrons. The molecule has 3 aromatic carbocycles. The molecule has 1 aromatic heterocycles. The van der Waals surface area contributed by atoms with Crippen LogP contribution in [0, 0.1) is 18.6 Å². The van der Waals surface area contributed by atoms with Gasteiger partial charge in [0.1, 0.15) is 24.0 Å². The molecule has 0 saturated heterocycles. The first-order valence-electron chi connectivity index (χ1n) is 9.83. The number of halogens is 4. The van der Waals surface area contributed by atoms with Crippen molar-refractivity contribution in [2.75, 3.05) is 0 Å². The molecule has 0 radical (unpaired) electrons. The number of aryl methyl sites for hydroxylation is 1. The van der Waals surface area contributed by atoms with Gasteiger partial charge in [0, 0.05) is 26.3 Å². The van der Waals surface area contributed by atoms with Gasteiger partial charge in [-0.1, -0.05) is 33.6 Å². The van der Waals surface area contributed by atoms with Gasteiger partial charge in [0.25, 0.3) is 0 Å². The highest BCUT2D eigenvalue weighted by Crippen LogP contribution is 2.36. The van der Waals surface area contributed by atoms with Crippen LogP contribution < -0.4 is 4.74 Å². The first-order chi connectivity index (χ1) is 15.7. The van der Waals surface area contributed by atoms with Gasteiger partial charge < -0.3 is 14.4 Å². The third-order valence-electron chi connectivity index (χ3n) is 5.13. The van der Waals surface area contributed by atoms with Crippen LogP contribution in [0.2, 0.25) is 5.02 Å². The first-order valence-corrected chi connectivity index (χ1v) is 11.0. The summed E-state index contributed by atoms with van der Waals surface area (Å²) in [5.74, 6) is -1.74. The Morgan fingerprint density at radius 1 is 1.03 bits per heavy atom. The van der Waals surface area contributed by atoms with Gasteiger partial charge in [0.2, 0.25) is 0 Å². The molecular formula is C25H17BrClF2NO3. The number of carboxylic acid groups (broad SMARTS) is 1. The Balaban J connectivity index is 1.79. The van der Waals surface area contributed by atoms with E-state index in [0.29, 0.717) is 37.8 Å². The third kappa shape index (κ3) is 4.79. The SMILES string of the molecule is Cc1ccc(-c2cc(Cl)ccc2OCc2ccc(Br)cc2F)n1-c1cc(C(=O)O)ccc1F. The van der Waals surface area contributed by atoms with E-state index >= 15 is 0 Å². The lowest BCUT2D eigenvalue weighted by atomic mass is 10.1. The maximum atomic E-state index is 14.8. The fraction of sp³-hybridized carbons (Fsp3) is 0.0800. The number of aromatic nitrogens is 1. The van der Waals surface area contributed by atoms with E-state index in [-0.39, 0.29) is 17.9 Å². The fourth-order valence-corrected chi connectivity index (χ4v) is 4.01. The van der Waals surface area contributed by atoms with E-state index in [1.54, 1.807) is 54.0 Å². The number of hydrogen-bond acceptors (Lipinski definition) is 2. The lowest BCUT2D eigenvalue weighted by Gasteiger charge is -2.17. The zero-order valence-electron chi connectivity index (χ0n) is 17.3. The van der Waals surface area contributed by atoms with Crippen LogP contribution in [-0.2, 0) is 6.61 Å². The summed E-state index contributed by atoms with van der Waals surface area (Å²) in [6, 6.07) is 16.8. The van der Waals surface area contributed by atoms with Gasteiger partial charge in [0.15, 0.2) is 0 Å². The Hall–Kier alpha value is -3.16. The molecule has 4 aromatic rings. The van der Waals surface area contributed by atoms with Gasteiger partial charge in [0.05, 0.1) is 16.9 Å². The van der Waals surface area contributed by atoms with E-state index < -0.39 is 17.6 Å². The van der Waals surface area contributed by atoms with E-state index in [2.05, 4.69) is 15.9 Å². The quantitative estimate of drug-likeness (QED) is 0.281. The predicted molar refractivity (Wildman–Crippen MR) is 126 cm³/mol. The Bertz CT molecular complexity index is 1370. The van der Waals surface area contributed by atoms with Crippen molar-refractivity contribution in [3.63, 3.8) is 0 Å². The first kappa shape index (κ1) is 23.0. The fourth-order valence-electron chi connectivity index (χ4n) is 3.51. The van der Waals surface area contributed by atoms with Gasteiger partial charge in [-0.15, -0.1) is 0 Å². The number of rotatable bonds is 6.